The van der Waals surface area contributed by atoms with Gasteiger partial charge in [-0.25, -0.2) is 28.1 Å². The van der Waals surface area contributed by atoms with Crippen LogP contribution in [0.1, 0.15) is 36.3 Å². The van der Waals surface area contributed by atoms with Gasteiger partial charge in [-0.15, -0.1) is 0 Å². The maximum Gasteiger partial charge on any atom is 0.266 e. The Labute approximate surface area is 184 Å². The number of pyridine rings is 1. The number of nitrogens with zero attached hydrogens (tertiary/aromatic N) is 4. The molecular formula is C23H25F3N6. The van der Waals surface area contributed by atoms with Crippen LogP contribution in [0.2, 0.25) is 0 Å². The van der Waals surface area contributed by atoms with Gasteiger partial charge >= 0.3 is 0 Å². The zero-order chi connectivity index (χ0) is 22.4. The molecule has 2 unspecified atom stereocenters. The van der Waals surface area contributed by atoms with Crippen molar-refractivity contribution in [3.05, 3.63) is 53.2 Å². The highest BCUT2D eigenvalue weighted by Crippen LogP contribution is 2.33. The lowest BCUT2D eigenvalue weighted by molar-refractivity contribution is 0.146. The first-order chi connectivity index (χ1) is 15.4. The molecule has 2 saturated heterocycles. The summed E-state index contributed by atoms with van der Waals surface area (Å²) in [4.78, 5) is 15.9. The first-order valence-electron chi connectivity index (χ1n) is 10.8. The topological polar surface area (TPSA) is 66.0 Å². The first kappa shape index (κ1) is 20.9. The van der Waals surface area contributed by atoms with E-state index in [1.54, 1.807) is 20.0 Å². The molecule has 168 valence electrons. The lowest BCUT2D eigenvalue weighted by atomic mass is 10.0. The van der Waals surface area contributed by atoms with Crippen LogP contribution in [-0.4, -0.2) is 41.1 Å². The number of alkyl halides is 2. The van der Waals surface area contributed by atoms with Gasteiger partial charge in [-0.05, 0) is 31.7 Å². The predicted octanol–water partition coefficient (Wildman–Crippen LogP) is 4.24. The fraction of sp³-hybridized carbons (Fsp3) is 0.435. The SMILES string of the molecule is Cc1nc(N[C@H](C)c2cccc(C(F)F)c2F)c2cc(N3CC4CNCC4C3)ncc2n1. The third kappa shape index (κ3) is 3.74. The molecule has 1 aromatic carbocycles. The van der Waals surface area contributed by atoms with Gasteiger partial charge in [0.2, 0.25) is 0 Å². The van der Waals surface area contributed by atoms with Crippen molar-refractivity contribution in [2.24, 2.45) is 11.8 Å². The van der Waals surface area contributed by atoms with Gasteiger partial charge in [-0.2, -0.15) is 0 Å². The molecule has 2 N–H and O–H groups in total. The molecule has 0 bridgehead atoms. The van der Waals surface area contributed by atoms with E-state index in [9.17, 15) is 13.2 Å². The number of rotatable bonds is 5. The summed E-state index contributed by atoms with van der Waals surface area (Å²) in [7, 11) is 0. The Bertz CT molecular complexity index is 1140. The van der Waals surface area contributed by atoms with E-state index in [0.717, 1.165) is 43.4 Å². The molecule has 6 nitrogen and oxygen atoms in total. The standard InChI is InChI=1S/C23H25F3N6/c1-12(16-4-3-5-17(21(16)24)22(25)26)29-23-18-6-20(28-9-19(18)30-13(2)31-23)32-10-14-7-27-8-15(14)11-32/h3-6,9,12,14-15,22,27H,7-8,10-11H2,1-2H3,(H,29,30,31)/t12-,14?,15?/m1/s1. The average molecular weight is 442 g/mol. The molecule has 3 atom stereocenters. The molecule has 0 saturated carbocycles. The number of aryl methyl sites for hydroxylation is 1. The van der Waals surface area contributed by atoms with Gasteiger partial charge in [-0.3, -0.25) is 0 Å². The molecule has 0 aliphatic carbocycles. The number of halogens is 3. The molecular weight excluding hydrogens is 417 g/mol. The van der Waals surface area contributed by atoms with Gasteiger partial charge in [-0.1, -0.05) is 18.2 Å². The van der Waals surface area contributed by atoms with Crippen molar-refractivity contribution in [2.45, 2.75) is 26.3 Å². The van der Waals surface area contributed by atoms with E-state index in [0.29, 0.717) is 29.0 Å². The van der Waals surface area contributed by atoms with Crippen LogP contribution >= 0.6 is 0 Å². The zero-order valence-corrected chi connectivity index (χ0v) is 17.9. The van der Waals surface area contributed by atoms with Crippen molar-refractivity contribution in [1.29, 1.82) is 0 Å². The largest absolute Gasteiger partial charge is 0.363 e. The fourth-order valence-corrected chi connectivity index (χ4v) is 4.82. The van der Waals surface area contributed by atoms with Crippen LogP contribution in [-0.2, 0) is 0 Å². The van der Waals surface area contributed by atoms with E-state index in [1.165, 1.54) is 12.1 Å². The van der Waals surface area contributed by atoms with E-state index in [4.69, 9.17) is 0 Å². The van der Waals surface area contributed by atoms with Gasteiger partial charge in [0.05, 0.1) is 23.3 Å². The summed E-state index contributed by atoms with van der Waals surface area (Å²) in [6.07, 6.45) is -1.13. The van der Waals surface area contributed by atoms with Crippen molar-refractivity contribution in [3.63, 3.8) is 0 Å². The Morgan fingerprint density at radius 1 is 1.12 bits per heavy atom. The van der Waals surface area contributed by atoms with Crippen LogP contribution in [0.3, 0.4) is 0 Å². The summed E-state index contributed by atoms with van der Waals surface area (Å²) in [5.74, 6) is 2.31. The number of hydrogen-bond acceptors (Lipinski definition) is 6. The van der Waals surface area contributed by atoms with Gasteiger partial charge in [0.1, 0.15) is 23.3 Å². The summed E-state index contributed by atoms with van der Waals surface area (Å²) < 4.78 is 41.0. The molecule has 4 heterocycles. The maximum absolute atomic E-state index is 14.7. The minimum atomic E-state index is -2.87. The molecule has 2 aliphatic heterocycles. The molecule has 5 rings (SSSR count). The van der Waals surface area contributed by atoms with Gasteiger partial charge in [0, 0.05) is 37.1 Å². The second-order valence-electron chi connectivity index (χ2n) is 8.68. The minimum Gasteiger partial charge on any atom is -0.363 e. The number of aromatic nitrogens is 3. The Kier molecular flexibility index (Phi) is 5.36. The van der Waals surface area contributed by atoms with E-state index in [2.05, 4.69) is 30.5 Å². The molecule has 2 aromatic heterocycles. The highest BCUT2D eigenvalue weighted by Gasteiger charge is 2.36. The van der Waals surface area contributed by atoms with Crippen molar-refractivity contribution in [2.75, 3.05) is 36.4 Å². The Balaban J connectivity index is 1.47. The van der Waals surface area contributed by atoms with E-state index in [-0.39, 0.29) is 5.56 Å². The Morgan fingerprint density at radius 2 is 1.84 bits per heavy atom. The molecule has 0 radical (unpaired) electrons. The highest BCUT2D eigenvalue weighted by atomic mass is 19.3. The first-order valence-corrected chi connectivity index (χ1v) is 10.8. The summed E-state index contributed by atoms with van der Waals surface area (Å²) in [6, 6.07) is 5.46. The maximum atomic E-state index is 14.7. The minimum absolute atomic E-state index is 0.168. The van der Waals surface area contributed by atoms with Gasteiger partial charge < -0.3 is 15.5 Å². The Morgan fingerprint density at radius 3 is 2.56 bits per heavy atom. The summed E-state index contributed by atoms with van der Waals surface area (Å²) in [5, 5.41) is 7.42. The number of anilines is 2. The van der Waals surface area contributed by atoms with Crippen molar-refractivity contribution in [1.82, 2.24) is 20.3 Å². The molecule has 0 spiro atoms. The smallest absolute Gasteiger partial charge is 0.266 e. The summed E-state index contributed by atoms with van der Waals surface area (Å²) >= 11 is 0. The average Bonchev–Trinajstić information content (AvgIpc) is 3.35. The lowest BCUT2D eigenvalue weighted by Gasteiger charge is -2.21. The molecule has 32 heavy (non-hydrogen) atoms. The normalized spacial score (nSPS) is 21.4. The van der Waals surface area contributed by atoms with Crippen molar-refractivity contribution >= 4 is 22.5 Å². The molecule has 3 aromatic rings. The zero-order valence-electron chi connectivity index (χ0n) is 17.9. The highest BCUT2D eigenvalue weighted by molar-refractivity contribution is 5.90. The van der Waals surface area contributed by atoms with Crippen molar-refractivity contribution in [3.8, 4) is 0 Å². The van der Waals surface area contributed by atoms with Crippen LogP contribution in [0.15, 0.2) is 30.5 Å². The number of hydrogen-bond donors (Lipinski definition) is 2. The third-order valence-electron chi connectivity index (χ3n) is 6.51. The van der Waals surface area contributed by atoms with Crippen molar-refractivity contribution < 1.29 is 13.2 Å². The molecule has 0 amide bonds. The van der Waals surface area contributed by atoms with E-state index >= 15 is 0 Å². The monoisotopic (exact) mass is 442 g/mol. The van der Waals surface area contributed by atoms with Crippen LogP contribution in [0.5, 0.6) is 0 Å². The van der Waals surface area contributed by atoms with Crippen LogP contribution in [0.25, 0.3) is 10.9 Å². The lowest BCUT2D eigenvalue weighted by Crippen LogP contribution is -2.26. The van der Waals surface area contributed by atoms with Gasteiger partial charge in [0.25, 0.3) is 6.43 Å². The molecule has 9 heteroatoms. The van der Waals surface area contributed by atoms with Gasteiger partial charge in [0.15, 0.2) is 0 Å². The van der Waals surface area contributed by atoms with E-state index < -0.39 is 23.8 Å². The molecule has 2 aliphatic rings. The molecule has 2 fully saturated rings. The Hall–Kier alpha value is -2.94. The summed E-state index contributed by atoms with van der Waals surface area (Å²) in [6.45, 7) is 7.47. The van der Waals surface area contributed by atoms with Crippen LogP contribution in [0.4, 0.5) is 24.8 Å². The van der Waals surface area contributed by atoms with Crippen LogP contribution < -0.4 is 15.5 Å². The fourth-order valence-electron chi connectivity index (χ4n) is 4.82. The van der Waals surface area contributed by atoms with E-state index in [1.807, 2.05) is 6.07 Å². The number of nitrogens with one attached hydrogen (secondary N) is 2. The summed E-state index contributed by atoms with van der Waals surface area (Å²) in [5.41, 5.74) is 0.251. The second-order valence-corrected chi connectivity index (χ2v) is 8.68. The third-order valence-corrected chi connectivity index (χ3v) is 6.51. The quantitative estimate of drug-likeness (QED) is 0.616. The second kappa shape index (κ2) is 8.20. The predicted molar refractivity (Wildman–Crippen MR) is 118 cm³/mol. The van der Waals surface area contributed by atoms with Crippen LogP contribution in [0, 0.1) is 24.6 Å². The number of fused-ring (bicyclic) bond motifs is 2. The number of benzene rings is 1.